The fourth-order valence-electron chi connectivity index (χ4n) is 2.88. The molecule has 1 aromatic heterocycles. The van der Waals surface area contributed by atoms with E-state index in [0.717, 1.165) is 28.9 Å². The average molecular weight is 284 g/mol. The number of nitrogens with one attached hydrogen (secondary N) is 1. The van der Waals surface area contributed by atoms with E-state index in [1.54, 1.807) is 0 Å². The second-order valence-corrected chi connectivity index (χ2v) is 5.32. The lowest BCUT2D eigenvalue weighted by molar-refractivity contribution is 0.0694. The number of nitrogens with zero attached hydrogens (tertiary/aromatic N) is 1. The summed E-state index contributed by atoms with van der Waals surface area (Å²) >= 11 is 0. The van der Waals surface area contributed by atoms with E-state index in [0.29, 0.717) is 0 Å². The van der Waals surface area contributed by atoms with Crippen LogP contribution in [-0.2, 0) is 6.42 Å². The molecule has 0 aliphatic carbocycles. The van der Waals surface area contributed by atoms with Gasteiger partial charge in [-0.2, -0.15) is 0 Å². The zero-order valence-electron chi connectivity index (χ0n) is 11.9. The number of carboxylic acid groups (broad SMARTS) is 1. The van der Waals surface area contributed by atoms with Crippen molar-refractivity contribution in [1.29, 1.82) is 0 Å². The number of pyridine rings is 1. The zero-order chi connectivity index (χ0) is 15.1. The Kier molecular flexibility index (Phi) is 3.05. The van der Waals surface area contributed by atoms with Crippen molar-refractivity contribution in [2.75, 3.05) is 12.4 Å². The summed E-state index contributed by atoms with van der Waals surface area (Å²) in [5.41, 5.74) is 3.32. The first-order valence-corrected chi connectivity index (χ1v) is 6.82. The van der Waals surface area contributed by atoms with Crippen LogP contribution in [0, 0.1) is 0 Å². The molecular formula is C16H16N2O3. The Balaban J connectivity index is 2.25. The molecule has 0 radical (unpaired) electrons. The SMILES string of the molecule is CNc1ccc2c(c1)CC(C)n1cc(C(=O)O)c(=O)cc1-2. The van der Waals surface area contributed by atoms with E-state index >= 15 is 0 Å². The molecule has 0 saturated carbocycles. The molecule has 1 unspecified atom stereocenters. The first-order valence-electron chi connectivity index (χ1n) is 6.82. The molecule has 0 bridgehead atoms. The zero-order valence-corrected chi connectivity index (χ0v) is 11.9. The third-order valence-corrected chi connectivity index (χ3v) is 3.97. The van der Waals surface area contributed by atoms with Crippen LogP contribution in [0.2, 0.25) is 0 Å². The van der Waals surface area contributed by atoms with Gasteiger partial charge < -0.3 is 15.0 Å². The van der Waals surface area contributed by atoms with E-state index in [9.17, 15) is 9.59 Å². The van der Waals surface area contributed by atoms with Crippen LogP contribution in [0.25, 0.3) is 11.3 Å². The molecule has 1 atom stereocenters. The number of hydrogen-bond donors (Lipinski definition) is 2. The van der Waals surface area contributed by atoms with Crippen LogP contribution >= 0.6 is 0 Å². The van der Waals surface area contributed by atoms with Crippen LogP contribution in [0.3, 0.4) is 0 Å². The first-order chi connectivity index (χ1) is 10.0. The number of anilines is 1. The largest absolute Gasteiger partial charge is 0.477 e. The van der Waals surface area contributed by atoms with E-state index in [2.05, 4.69) is 11.4 Å². The lowest BCUT2D eigenvalue weighted by Crippen LogP contribution is -2.24. The summed E-state index contributed by atoms with van der Waals surface area (Å²) in [7, 11) is 1.87. The van der Waals surface area contributed by atoms with Crippen molar-refractivity contribution in [3.8, 4) is 11.3 Å². The summed E-state index contributed by atoms with van der Waals surface area (Å²) in [6.45, 7) is 2.02. The van der Waals surface area contributed by atoms with E-state index in [-0.39, 0.29) is 11.6 Å². The third-order valence-electron chi connectivity index (χ3n) is 3.97. The molecule has 2 aromatic rings. The van der Waals surface area contributed by atoms with Gasteiger partial charge in [-0.1, -0.05) is 6.07 Å². The van der Waals surface area contributed by atoms with Crippen molar-refractivity contribution in [2.45, 2.75) is 19.4 Å². The van der Waals surface area contributed by atoms with Crippen LogP contribution in [0.1, 0.15) is 28.9 Å². The standard InChI is InChI=1S/C16H16N2O3/c1-9-5-10-6-11(17-2)3-4-12(10)14-7-15(19)13(16(20)21)8-18(9)14/h3-4,6-9,17H,5H2,1-2H3,(H,20,21). The minimum absolute atomic E-state index is 0.110. The lowest BCUT2D eigenvalue weighted by Gasteiger charge is -2.28. The molecule has 1 aromatic carbocycles. The molecule has 0 fully saturated rings. The summed E-state index contributed by atoms with van der Waals surface area (Å²) < 4.78 is 1.88. The van der Waals surface area contributed by atoms with Gasteiger partial charge in [0.25, 0.3) is 0 Å². The highest BCUT2D eigenvalue weighted by Crippen LogP contribution is 2.35. The van der Waals surface area contributed by atoms with Gasteiger partial charge in [0.15, 0.2) is 5.43 Å². The fourth-order valence-corrected chi connectivity index (χ4v) is 2.88. The van der Waals surface area contributed by atoms with Crippen molar-refractivity contribution in [3.63, 3.8) is 0 Å². The molecule has 1 aliphatic rings. The van der Waals surface area contributed by atoms with E-state index in [1.165, 1.54) is 12.3 Å². The Bertz CT molecular complexity index is 793. The van der Waals surface area contributed by atoms with Gasteiger partial charge in [-0.25, -0.2) is 4.79 Å². The Morgan fingerprint density at radius 1 is 1.38 bits per heavy atom. The van der Waals surface area contributed by atoms with E-state index in [4.69, 9.17) is 5.11 Å². The maximum absolute atomic E-state index is 12.0. The number of fused-ring (bicyclic) bond motifs is 3. The van der Waals surface area contributed by atoms with Crippen molar-refractivity contribution in [1.82, 2.24) is 4.57 Å². The molecule has 5 heteroatoms. The molecule has 2 heterocycles. The maximum atomic E-state index is 12.0. The normalized spacial score (nSPS) is 16.0. The Morgan fingerprint density at radius 3 is 2.81 bits per heavy atom. The Labute approximate surface area is 121 Å². The fraction of sp³-hybridized carbons (Fsp3) is 0.250. The molecule has 5 nitrogen and oxygen atoms in total. The minimum Gasteiger partial charge on any atom is -0.477 e. The van der Waals surface area contributed by atoms with Crippen LogP contribution in [0.5, 0.6) is 0 Å². The topological polar surface area (TPSA) is 71.3 Å². The third kappa shape index (κ3) is 2.11. The molecule has 0 spiro atoms. The van der Waals surface area contributed by atoms with Gasteiger partial charge in [0.2, 0.25) is 0 Å². The van der Waals surface area contributed by atoms with Gasteiger partial charge in [0.05, 0.1) is 5.69 Å². The number of hydrogen-bond acceptors (Lipinski definition) is 3. The number of carboxylic acids is 1. The molecule has 2 N–H and O–H groups in total. The number of rotatable bonds is 2. The quantitative estimate of drug-likeness (QED) is 0.888. The van der Waals surface area contributed by atoms with E-state index < -0.39 is 11.4 Å². The van der Waals surface area contributed by atoms with Gasteiger partial charge in [-0.15, -0.1) is 0 Å². The Morgan fingerprint density at radius 2 is 2.14 bits per heavy atom. The molecule has 108 valence electrons. The highest BCUT2D eigenvalue weighted by molar-refractivity contribution is 5.87. The molecule has 21 heavy (non-hydrogen) atoms. The molecule has 1 aliphatic heterocycles. The number of aromatic nitrogens is 1. The predicted octanol–water partition coefficient (Wildman–Crippen LogP) is 2.37. The highest BCUT2D eigenvalue weighted by atomic mass is 16.4. The molecule has 0 amide bonds. The highest BCUT2D eigenvalue weighted by Gasteiger charge is 2.23. The van der Waals surface area contributed by atoms with Crippen molar-refractivity contribution >= 4 is 11.7 Å². The average Bonchev–Trinajstić information content (AvgIpc) is 2.45. The maximum Gasteiger partial charge on any atom is 0.341 e. The number of benzene rings is 1. The van der Waals surface area contributed by atoms with Gasteiger partial charge in [-0.3, -0.25) is 4.79 Å². The van der Waals surface area contributed by atoms with Crippen LogP contribution in [-0.4, -0.2) is 22.7 Å². The van der Waals surface area contributed by atoms with Crippen molar-refractivity contribution in [3.05, 3.63) is 51.8 Å². The summed E-state index contributed by atoms with van der Waals surface area (Å²) in [4.78, 5) is 23.1. The monoisotopic (exact) mass is 284 g/mol. The molecular weight excluding hydrogens is 268 g/mol. The molecule has 0 saturated heterocycles. The summed E-state index contributed by atoms with van der Waals surface area (Å²) in [5, 5.41) is 12.2. The second kappa shape index (κ2) is 4.77. The first kappa shape index (κ1) is 13.4. The summed E-state index contributed by atoms with van der Waals surface area (Å²) in [6.07, 6.45) is 2.26. The van der Waals surface area contributed by atoms with Gasteiger partial charge >= 0.3 is 5.97 Å². The van der Waals surface area contributed by atoms with Crippen LogP contribution in [0.4, 0.5) is 5.69 Å². The minimum atomic E-state index is -1.18. The van der Waals surface area contributed by atoms with Crippen LogP contribution < -0.4 is 10.7 Å². The van der Waals surface area contributed by atoms with Gasteiger partial charge in [-0.05, 0) is 31.0 Å². The lowest BCUT2D eigenvalue weighted by atomic mass is 9.92. The molecule has 3 rings (SSSR count). The van der Waals surface area contributed by atoms with Crippen molar-refractivity contribution in [2.24, 2.45) is 0 Å². The van der Waals surface area contributed by atoms with E-state index in [1.807, 2.05) is 30.7 Å². The van der Waals surface area contributed by atoms with Crippen molar-refractivity contribution < 1.29 is 9.90 Å². The predicted molar refractivity (Wildman–Crippen MR) is 81.1 cm³/mol. The van der Waals surface area contributed by atoms with Gasteiger partial charge in [0, 0.05) is 36.6 Å². The second-order valence-electron chi connectivity index (χ2n) is 5.32. The van der Waals surface area contributed by atoms with Crippen LogP contribution in [0.15, 0.2) is 35.3 Å². The number of carbonyl (C=O) groups is 1. The summed E-state index contributed by atoms with van der Waals surface area (Å²) in [6, 6.07) is 7.54. The Hall–Kier alpha value is -2.56. The number of aromatic carboxylic acids is 1. The smallest absolute Gasteiger partial charge is 0.341 e. The van der Waals surface area contributed by atoms with Gasteiger partial charge in [0.1, 0.15) is 5.56 Å². The summed E-state index contributed by atoms with van der Waals surface area (Å²) in [5.74, 6) is -1.18.